The fraction of sp³-hybridized carbons (Fsp3) is 0.500. The highest BCUT2D eigenvalue weighted by Crippen LogP contribution is 2.17. The zero-order valence-electron chi connectivity index (χ0n) is 10.8. The Balaban J connectivity index is 2.19. The van der Waals surface area contributed by atoms with E-state index in [9.17, 15) is 0 Å². The molecular weight excluding hydrogens is 214 g/mol. The molecule has 0 atom stereocenters. The Morgan fingerprint density at radius 2 is 2.12 bits per heavy atom. The van der Waals surface area contributed by atoms with Crippen molar-refractivity contribution in [3.05, 3.63) is 24.3 Å². The Morgan fingerprint density at radius 3 is 2.71 bits per heavy atom. The van der Waals surface area contributed by atoms with Gasteiger partial charge in [-0.3, -0.25) is 4.68 Å². The molecule has 5 heteroatoms. The van der Waals surface area contributed by atoms with Crippen molar-refractivity contribution in [3.63, 3.8) is 0 Å². The highest BCUT2D eigenvalue weighted by Gasteiger charge is 2.06. The van der Waals surface area contributed by atoms with Gasteiger partial charge in [-0.25, -0.2) is 4.98 Å². The SMILES string of the molecule is CCn1cc(C)nc1Nc1cnn(C(C)C)c1. The highest BCUT2D eigenvalue weighted by molar-refractivity contribution is 5.51. The first-order valence-corrected chi connectivity index (χ1v) is 5.95. The number of imidazole rings is 1. The number of nitrogens with one attached hydrogen (secondary N) is 1. The monoisotopic (exact) mass is 233 g/mol. The van der Waals surface area contributed by atoms with E-state index in [1.165, 1.54) is 0 Å². The van der Waals surface area contributed by atoms with E-state index in [1.54, 1.807) is 0 Å². The second-order valence-electron chi connectivity index (χ2n) is 4.42. The molecule has 0 aliphatic carbocycles. The molecule has 17 heavy (non-hydrogen) atoms. The van der Waals surface area contributed by atoms with E-state index in [0.717, 1.165) is 23.9 Å². The standard InChI is InChI=1S/C12H19N5/c1-5-16-7-10(4)14-12(16)15-11-6-13-17(8-11)9(2)3/h6-9H,5H2,1-4H3,(H,14,15). The van der Waals surface area contributed by atoms with Crippen molar-refractivity contribution in [2.45, 2.75) is 40.3 Å². The molecule has 0 unspecified atom stereocenters. The summed E-state index contributed by atoms with van der Waals surface area (Å²) in [5.41, 5.74) is 1.99. The van der Waals surface area contributed by atoms with Crippen LogP contribution in [0.15, 0.2) is 18.6 Å². The number of hydrogen-bond acceptors (Lipinski definition) is 3. The van der Waals surface area contributed by atoms with Gasteiger partial charge in [0.05, 0.1) is 17.6 Å². The molecule has 0 amide bonds. The summed E-state index contributed by atoms with van der Waals surface area (Å²) >= 11 is 0. The average molecular weight is 233 g/mol. The van der Waals surface area contributed by atoms with Crippen LogP contribution < -0.4 is 5.32 Å². The van der Waals surface area contributed by atoms with E-state index >= 15 is 0 Å². The van der Waals surface area contributed by atoms with Crippen LogP contribution in [-0.2, 0) is 6.54 Å². The van der Waals surface area contributed by atoms with Gasteiger partial charge in [-0.2, -0.15) is 5.10 Å². The fourth-order valence-corrected chi connectivity index (χ4v) is 1.70. The molecule has 2 heterocycles. The lowest BCUT2D eigenvalue weighted by molar-refractivity contribution is 0.532. The Morgan fingerprint density at radius 1 is 1.35 bits per heavy atom. The third kappa shape index (κ3) is 2.49. The number of nitrogens with zero attached hydrogens (tertiary/aromatic N) is 4. The van der Waals surface area contributed by atoms with E-state index in [0.29, 0.717) is 6.04 Å². The van der Waals surface area contributed by atoms with Crippen molar-refractivity contribution >= 4 is 11.6 Å². The van der Waals surface area contributed by atoms with Crippen molar-refractivity contribution in [2.24, 2.45) is 0 Å². The maximum atomic E-state index is 4.45. The van der Waals surface area contributed by atoms with Crippen molar-refractivity contribution in [1.29, 1.82) is 0 Å². The fourth-order valence-electron chi connectivity index (χ4n) is 1.70. The second kappa shape index (κ2) is 4.61. The summed E-state index contributed by atoms with van der Waals surface area (Å²) in [6, 6.07) is 0.373. The van der Waals surface area contributed by atoms with Crippen molar-refractivity contribution in [1.82, 2.24) is 19.3 Å². The van der Waals surface area contributed by atoms with Gasteiger partial charge in [0.2, 0.25) is 5.95 Å². The minimum Gasteiger partial charge on any atom is -0.323 e. The molecule has 0 aliphatic rings. The van der Waals surface area contributed by atoms with Crippen LogP contribution in [0.25, 0.3) is 0 Å². The van der Waals surface area contributed by atoms with Crippen LogP contribution in [0.5, 0.6) is 0 Å². The predicted octanol–water partition coefficient (Wildman–Crippen LogP) is 2.73. The zero-order valence-corrected chi connectivity index (χ0v) is 10.8. The third-order valence-electron chi connectivity index (χ3n) is 2.62. The Kier molecular flexibility index (Phi) is 3.17. The predicted molar refractivity (Wildman–Crippen MR) is 68.5 cm³/mol. The van der Waals surface area contributed by atoms with E-state index in [-0.39, 0.29) is 0 Å². The van der Waals surface area contributed by atoms with Crippen LogP contribution in [-0.4, -0.2) is 19.3 Å². The minimum absolute atomic E-state index is 0.373. The molecule has 0 spiro atoms. The number of aryl methyl sites for hydroxylation is 2. The first-order chi connectivity index (χ1) is 8.10. The van der Waals surface area contributed by atoms with Crippen LogP contribution in [0.1, 0.15) is 32.5 Å². The van der Waals surface area contributed by atoms with Crippen LogP contribution in [0.2, 0.25) is 0 Å². The summed E-state index contributed by atoms with van der Waals surface area (Å²) in [5, 5.41) is 7.58. The minimum atomic E-state index is 0.373. The summed E-state index contributed by atoms with van der Waals surface area (Å²) in [4.78, 5) is 4.45. The summed E-state index contributed by atoms with van der Waals surface area (Å²) in [7, 11) is 0. The summed E-state index contributed by atoms with van der Waals surface area (Å²) < 4.78 is 4.01. The lowest BCUT2D eigenvalue weighted by Crippen LogP contribution is -2.01. The summed E-state index contributed by atoms with van der Waals surface area (Å²) in [5.74, 6) is 0.869. The van der Waals surface area contributed by atoms with Gasteiger partial charge in [0.25, 0.3) is 0 Å². The molecule has 0 aromatic carbocycles. The molecule has 1 N–H and O–H groups in total. The van der Waals surface area contributed by atoms with E-state index in [4.69, 9.17) is 0 Å². The molecule has 2 aromatic rings. The topological polar surface area (TPSA) is 47.7 Å². The maximum Gasteiger partial charge on any atom is 0.207 e. The van der Waals surface area contributed by atoms with Gasteiger partial charge in [0, 0.05) is 25.0 Å². The van der Waals surface area contributed by atoms with Gasteiger partial charge in [-0.05, 0) is 27.7 Å². The average Bonchev–Trinajstić information content (AvgIpc) is 2.86. The molecule has 2 aromatic heterocycles. The maximum absolute atomic E-state index is 4.45. The number of anilines is 2. The van der Waals surface area contributed by atoms with Gasteiger partial charge in [-0.15, -0.1) is 0 Å². The number of rotatable bonds is 4. The molecule has 92 valence electrons. The quantitative estimate of drug-likeness (QED) is 0.883. The van der Waals surface area contributed by atoms with Crippen molar-refractivity contribution in [2.75, 3.05) is 5.32 Å². The number of aromatic nitrogens is 4. The summed E-state index contributed by atoms with van der Waals surface area (Å²) in [6.45, 7) is 9.21. The Bertz CT molecular complexity index is 495. The van der Waals surface area contributed by atoms with Gasteiger partial charge in [0.1, 0.15) is 0 Å². The van der Waals surface area contributed by atoms with Crippen molar-refractivity contribution in [3.8, 4) is 0 Å². The van der Waals surface area contributed by atoms with Gasteiger partial charge in [0.15, 0.2) is 0 Å². The van der Waals surface area contributed by atoms with Gasteiger partial charge >= 0.3 is 0 Å². The lowest BCUT2D eigenvalue weighted by Gasteiger charge is -2.05. The first kappa shape index (κ1) is 11.7. The Labute approximate surface area is 101 Å². The molecule has 0 bridgehead atoms. The smallest absolute Gasteiger partial charge is 0.207 e. The van der Waals surface area contributed by atoms with Crippen LogP contribution in [0, 0.1) is 6.92 Å². The molecule has 0 radical (unpaired) electrons. The van der Waals surface area contributed by atoms with Crippen LogP contribution in [0.3, 0.4) is 0 Å². The van der Waals surface area contributed by atoms with E-state index < -0.39 is 0 Å². The first-order valence-electron chi connectivity index (χ1n) is 5.95. The molecular formula is C12H19N5. The molecule has 0 saturated heterocycles. The second-order valence-corrected chi connectivity index (χ2v) is 4.42. The van der Waals surface area contributed by atoms with Crippen LogP contribution >= 0.6 is 0 Å². The normalized spacial score (nSPS) is 11.1. The number of hydrogen-bond donors (Lipinski definition) is 1. The van der Waals surface area contributed by atoms with Gasteiger partial charge in [-0.1, -0.05) is 0 Å². The molecule has 5 nitrogen and oxygen atoms in total. The third-order valence-corrected chi connectivity index (χ3v) is 2.62. The molecule has 0 aliphatic heterocycles. The lowest BCUT2D eigenvalue weighted by atomic mass is 10.4. The Hall–Kier alpha value is -1.78. The zero-order chi connectivity index (χ0) is 12.4. The van der Waals surface area contributed by atoms with Gasteiger partial charge < -0.3 is 9.88 Å². The van der Waals surface area contributed by atoms with Crippen molar-refractivity contribution < 1.29 is 0 Å². The molecule has 0 fully saturated rings. The largest absolute Gasteiger partial charge is 0.323 e. The van der Waals surface area contributed by atoms with E-state index in [2.05, 4.69) is 40.7 Å². The molecule has 2 rings (SSSR count). The highest BCUT2D eigenvalue weighted by atomic mass is 15.3. The van der Waals surface area contributed by atoms with E-state index in [1.807, 2.05) is 30.2 Å². The summed E-state index contributed by atoms with van der Waals surface area (Å²) in [6.07, 6.45) is 5.86. The molecule has 0 saturated carbocycles. The van der Waals surface area contributed by atoms with Crippen LogP contribution in [0.4, 0.5) is 11.6 Å².